The summed E-state index contributed by atoms with van der Waals surface area (Å²) in [5, 5.41) is 2.35. The minimum absolute atomic E-state index is 0.110. The molecule has 2 aliphatic heterocycles. The fourth-order valence-electron chi connectivity index (χ4n) is 5.90. The van der Waals surface area contributed by atoms with Gasteiger partial charge in [0, 0.05) is 33.3 Å². The predicted octanol–water partition coefficient (Wildman–Crippen LogP) is 6.49. The van der Waals surface area contributed by atoms with Gasteiger partial charge in [-0.15, -0.1) is 0 Å². The third-order valence-electron chi connectivity index (χ3n) is 7.26. The first-order valence-corrected chi connectivity index (χ1v) is 11.4. The van der Waals surface area contributed by atoms with Crippen molar-refractivity contribution in [2.75, 3.05) is 4.81 Å². The van der Waals surface area contributed by atoms with Crippen LogP contribution in [0.5, 0.6) is 0 Å². The van der Waals surface area contributed by atoms with Gasteiger partial charge in [-0.2, -0.15) is 0 Å². The van der Waals surface area contributed by atoms with Gasteiger partial charge in [0.2, 0.25) is 0 Å². The molecule has 0 fully saturated rings. The first-order chi connectivity index (χ1) is 16.4. The minimum Gasteiger partial charge on any atom is -0.456 e. The van der Waals surface area contributed by atoms with Crippen molar-refractivity contribution in [3.8, 4) is 22.3 Å². The topological polar surface area (TPSA) is 16.4 Å². The minimum atomic E-state index is 0.110. The second kappa shape index (κ2) is 6.17. The first kappa shape index (κ1) is 17.3. The van der Waals surface area contributed by atoms with Crippen LogP contribution in [0.15, 0.2) is 114 Å². The van der Waals surface area contributed by atoms with E-state index in [9.17, 15) is 0 Å². The summed E-state index contributed by atoms with van der Waals surface area (Å²) in [6.45, 7) is 0.110. The summed E-state index contributed by atoms with van der Waals surface area (Å²) in [7, 11) is 0. The van der Waals surface area contributed by atoms with Crippen molar-refractivity contribution in [3.05, 3.63) is 109 Å². The maximum Gasteiger partial charge on any atom is 0.329 e. The Morgan fingerprint density at radius 2 is 1.12 bits per heavy atom. The molecule has 3 heterocycles. The molecule has 0 bridgehead atoms. The lowest BCUT2D eigenvalue weighted by Gasteiger charge is -2.43. The Labute approximate surface area is 191 Å². The molecular weight excluding hydrogens is 401 g/mol. The summed E-state index contributed by atoms with van der Waals surface area (Å²) in [5.74, 6) is 0. The number of nitrogens with zero attached hydrogens (tertiary/aromatic N) is 1. The molecule has 152 valence electrons. The van der Waals surface area contributed by atoms with Gasteiger partial charge >= 0.3 is 6.85 Å². The van der Waals surface area contributed by atoms with Gasteiger partial charge in [-0.3, -0.25) is 0 Å². The molecule has 6 aromatic rings. The number of furan rings is 1. The molecule has 8 rings (SSSR count). The second-order valence-corrected chi connectivity index (χ2v) is 8.93. The molecular formula is C30H18BNO. The molecule has 0 saturated heterocycles. The molecule has 33 heavy (non-hydrogen) atoms. The van der Waals surface area contributed by atoms with Crippen molar-refractivity contribution in [1.82, 2.24) is 0 Å². The number of rotatable bonds is 0. The SMILES string of the molecule is c1ccc2c(c1)B1c3cc4c(cc3-c3ccccc3N1c1ccccc1-2)oc1ccccc14. The lowest BCUT2D eigenvalue weighted by Crippen LogP contribution is -2.59. The van der Waals surface area contributed by atoms with Crippen LogP contribution < -0.4 is 15.7 Å². The summed E-state index contributed by atoms with van der Waals surface area (Å²) < 4.78 is 6.28. The van der Waals surface area contributed by atoms with Crippen LogP contribution in [0.3, 0.4) is 0 Å². The zero-order valence-corrected chi connectivity index (χ0v) is 17.8. The quantitative estimate of drug-likeness (QED) is 0.262. The Kier molecular flexibility index (Phi) is 3.24. The van der Waals surface area contributed by atoms with Crippen LogP contribution in [0.25, 0.3) is 44.2 Å². The Balaban J connectivity index is 1.54. The molecule has 2 aliphatic rings. The molecule has 0 atom stereocenters. The van der Waals surface area contributed by atoms with Gasteiger partial charge < -0.3 is 9.23 Å². The van der Waals surface area contributed by atoms with Crippen LogP contribution in [0.2, 0.25) is 0 Å². The van der Waals surface area contributed by atoms with E-state index in [0.717, 1.165) is 11.2 Å². The first-order valence-electron chi connectivity index (χ1n) is 11.4. The fourth-order valence-corrected chi connectivity index (χ4v) is 5.90. The second-order valence-electron chi connectivity index (χ2n) is 8.93. The van der Waals surface area contributed by atoms with Crippen molar-refractivity contribution in [2.24, 2.45) is 0 Å². The zero-order valence-electron chi connectivity index (χ0n) is 17.8. The van der Waals surface area contributed by atoms with Crippen LogP contribution in [-0.2, 0) is 0 Å². The molecule has 0 unspecified atom stereocenters. The Morgan fingerprint density at radius 1 is 0.485 bits per heavy atom. The number of anilines is 2. The number of benzene rings is 5. The Morgan fingerprint density at radius 3 is 1.94 bits per heavy atom. The van der Waals surface area contributed by atoms with E-state index in [0.29, 0.717) is 0 Å². The van der Waals surface area contributed by atoms with Crippen molar-refractivity contribution >= 4 is 51.1 Å². The average Bonchev–Trinajstić information content (AvgIpc) is 3.25. The van der Waals surface area contributed by atoms with Crippen LogP contribution in [-0.4, -0.2) is 6.85 Å². The van der Waals surface area contributed by atoms with Crippen LogP contribution >= 0.6 is 0 Å². The van der Waals surface area contributed by atoms with Gasteiger partial charge in [-0.05, 0) is 46.3 Å². The summed E-state index contributed by atoms with van der Waals surface area (Å²) in [5.41, 5.74) is 12.2. The maximum absolute atomic E-state index is 6.28. The van der Waals surface area contributed by atoms with Crippen LogP contribution in [0.1, 0.15) is 0 Å². The summed E-state index contributed by atoms with van der Waals surface area (Å²) in [4.78, 5) is 2.53. The monoisotopic (exact) mass is 419 g/mol. The number of hydrogen-bond acceptors (Lipinski definition) is 2. The van der Waals surface area contributed by atoms with Crippen LogP contribution in [0.4, 0.5) is 11.4 Å². The highest BCUT2D eigenvalue weighted by molar-refractivity contribution is 6.92. The molecule has 0 N–H and O–H groups in total. The number of hydrogen-bond donors (Lipinski definition) is 0. The van der Waals surface area contributed by atoms with E-state index in [1.165, 1.54) is 55.3 Å². The summed E-state index contributed by atoms with van der Waals surface area (Å²) >= 11 is 0. The van der Waals surface area contributed by atoms with Crippen molar-refractivity contribution in [1.29, 1.82) is 0 Å². The summed E-state index contributed by atoms with van der Waals surface area (Å²) in [6, 6.07) is 39.4. The number of fused-ring (bicyclic) bond motifs is 14. The van der Waals surface area contributed by atoms with E-state index < -0.39 is 0 Å². The third kappa shape index (κ3) is 2.19. The van der Waals surface area contributed by atoms with Gasteiger partial charge in [0.1, 0.15) is 11.2 Å². The highest BCUT2D eigenvalue weighted by Gasteiger charge is 2.42. The van der Waals surface area contributed by atoms with Gasteiger partial charge in [0.25, 0.3) is 0 Å². The molecule has 0 saturated carbocycles. The summed E-state index contributed by atoms with van der Waals surface area (Å²) in [6.07, 6.45) is 0. The third-order valence-corrected chi connectivity index (χ3v) is 7.26. The fraction of sp³-hybridized carbons (Fsp3) is 0. The van der Waals surface area contributed by atoms with Gasteiger partial charge in [0.05, 0.1) is 0 Å². The van der Waals surface area contributed by atoms with Gasteiger partial charge in [-0.1, -0.05) is 84.9 Å². The molecule has 3 heteroatoms. The van der Waals surface area contributed by atoms with Crippen molar-refractivity contribution < 1.29 is 4.42 Å². The smallest absolute Gasteiger partial charge is 0.329 e. The number of para-hydroxylation sites is 3. The van der Waals surface area contributed by atoms with E-state index in [4.69, 9.17) is 4.42 Å². The van der Waals surface area contributed by atoms with E-state index in [1.54, 1.807) is 0 Å². The Bertz CT molecular complexity index is 1750. The van der Waals surface area contributed by atoms with Gasteiger partial charge in [-0.25, -0.2) is 0 Å². The standard InChI is InChI=1S/C30H18BNO/c1-5-13-25-19(9-1)20-10-2-6-14-27(20)32-28-15-7-3-11-21(28)23-18-30-24(17-26(23)31(25)32)22-12-4-8-16-29(22)33-30/h1-18H. The van der Waals surface area contributed by atoms with Gasteiger partial charge in [0.15, 0.2) is 0 Å². The molecule has 1 aromatic heterocycles. The average molecular weight is 419 g/mol. The lowest BCUT2D eigenvalue weighted by atomic mass is 9.43. The van der Waals surface area contributed by atoms with E-state index in [-0.39, 0.29) is 6.85 Å². The lowest BCUT2D eigenvalue weighted by molar-refractivity contribution is 0.669. The molecule has 0 aliphatic carbocycles. The normalized spacial score (nSPS) is 13.3. The molecule has 0 radical (unpaired) electrons. The predicted molar refractivity (Wildman–Crippen MR) is 138 cm³/mol. The highest BCUT2D eigenvalue weighted by Crippen LogP contribution is 2.46. The highest BCUT2D eigenvalue weighted by atomic mass is 16.3. The largest absolute Gasteiger partial charge is 0.456 e. The van der Waals surface area contributed by atoms with E-state index in [1.807, 2.05) is 6.07 Å². The van der Waals surface area contributed by atoms with Crippen molar-refractivity contribution in [3.63, 3.8) is 0 Å². The molecule has 5 aromatic carbocycles. The Hall–Kier alpha value is -4.24. The zero-order chi connectivity index (χ0) is 21.5. The van der Waals surface area contributed by atoms with E-state index >= 15 is 0 Å². The van der Waals surface area contributed by atoms with E-state index in [2.05, 4.69) is 108 Å². The molecule has 0 amide bonds. The maximum atomic E-state index is 6.28. The van der Waals surface area contributed by atoms with Crippen molar-refractivity contribution in [2.45, 2.75) is 0 Å². The molecule has 2 nitrogen and oxygen atoms in total. The molecule has 0 spiro atoms. The van der Waals surface area contributed by atoms with Crippen LogP contribution in [0, 0.1) is 0 Å².